The smallest absolute Gasteiger partial charge is 0.163 e. The van der Waals surface area contributed by atoms with Gasteiger partial charge in [-0.3, -0.25) is 4.79 Å². The lowest BCUT2D eigenvalue weighted by atomic mass is 10.0. The first-order valence-corrected chi connectivity index (χ1v) is 9.36. The number of nitrogens with zero attached hydrogens (tertiary/aromatic N) is 2. The van der Waals surface area contributed by atoms with Crippen LogP contribution in [-0.2, 0) is 0 Å². The fourth-order valence-corrected chi connectivity index (χ4v) is 3.95. The van der Waals surface area contributed by atoms with E-state index >= 15 is 0 Å². The number of aromatic hydroxyl groups is 1. The molecular formula is C24H18N2O3. The van der Waals surface area contributed by atoms with Gasteiger partial charge in [-0.25, -0.2) is 4.68 Å². The van der Waals surface area contributed by atoms with E-state index in [-0.39, 0.29) is 11.5 Å². The summed E-state index contributed by atoms with van der Waals surface area (Å²) in [4.78, 5) is 12.2. The molecule has 5 nitrogen and oxygen atoms in total. The number of hydrogen-bond acceptors (Lipinski definition) is 4. The molecule has 142 valence electrons. The molecule has 2 aromatic heterocycles. The minimum absolute atomic E-state index is 0.0503. The highest BCUT2D eigenvalue weighted by Crippen LogP contribution is 2.42. The van der Waals surface area contributed by atoms with Crippen molar-refractivity contribution in [3.8, 4) is 22.7 Å². The van der Waals surface area contributed by atoms with Gasteiger partial charge in [0.25, 0.3) is 0 Å². The molecule has 0 saturated carbocycles. The second-order valence-electron chi connectivity index (χ2n) is 7.05. The van der Waals surface area contributed by atoms with Crippen molar-refractivity contribution in [3.05, 3.63) is 78.1 Å². The fourth-order valence-electron chi connectivity index (χ4n) is 3.95. The molecule has 5 aromatic rings. The second kappa shape index (κ2) is 6.34. The quantitative estimate of drug-likeness (QED) is 0.409. The van der Waals surface area contributed by atoms with Gasteiger partial charge in [0, 0.05) is 10.9 Å². The summed E-state index contributed by atoms with van der Waals surface area (Å²) in [6.07, 6.45) is 0. The van der Waals surface area contributed by atoms with Crippen LogP contribution in [0.5, 0.6) is 5.75 Å². The van der Waals surface area contributed by atoms with E-state index in [9.17, 15) is 9.90 Å². The molecule has 5 rings (SSSR count). The Morgan fingerprint density at radius 1 is 1.03 bits per heavy atom. The van der Waals surface area contributed by atoms with Crippen LogP contribution in [0.15, 0.2) is 71.1 Å². The summed E-state index contributed by atoms with van der Waals surface area (Å²) in [5.74, 6) is 0.483. The number of furan rings is 1. The lowest BCUT2D eigenvalue weighted by Gasteiger charge is -2.05. The Bertz CT molecular complexity index is 1380. The van der Waals surface area contributed by atoms with Crippen LogP contribution >= 0.6 is 0 Å². The van der Waals surface area contributed by atoms with E-state index in [4.69, 9.17) is 9.52 Å². The first-order chi connectivity index (χ1) is 14.1. The van der Waals surface area contributed by atoms with E-state index in [1.54, 1.807) is 17.7 Å². The molecule has 0 aliphatic carbocycles. The molecular weight excluding hydrogens is 364 g/mol. The fraction of sp³-hybridized carbons (Fsp3) is 0.0833. The van der Waals surface area contributed by atoms with Crippen LogP contribution in [0, 0.1) is 6.92 Å². The van der Waals surface area contributed by atoms with E-state index in [0.717, 1.165) is 11.3 Å². The molecule has 1 N–H and O–H groups in total. The summed E-state index contributed by atoms with van der Waals surface area (Å²) in [5.41, 5.74) is 4.01. The van der Waals surface area contributed by atoms with Crippen LogP contribution in [0.3, 0.4) is 0 Å². The summed E-state index contributed by atoms with van der Waals surface area (Å²) in [7, 11) is 0. The lowest BCUT2D eigenvalue weighted by molar-refractivity contribution is 0.101. The Kier molecular flexibility index (Phi) is 3.77. The SMILES string of the molecule is CC(=O)c1c(C)oc2c1cc(O)c1c2c(-c2ccccc2)nn1-c1ccccc1. The standard InChI is InChI=1S/C24H18N2O3/c1-14(27)20-15(2)29-24-18(20)13-19(28)23-21(24)22(16-9-5-3-6-10-16)25-26(23)17-11-7-4-8-12-17/h3-13,28H,1-2H3. The number of para-hydroxylation sites is 1. The maximum Gasteiger partial charge on any atom is 0.163 e. The van der Waals surface area contributed by atoms with E-state index in [2.05, 4.69) is 0 Å². The van der Waals surface area contributed by atoms with Gasteiger partial charge in [-0.2, -0.15) is 5.10 Å². The zero-order valence-electron chi connectivity index (χ0n) is 16.0. The van der Waals surface area contributed by atoms with Crippen LogP contribution in [0.4, 0.5) is 0 Å². The molecule has 5 heteroatoms. The molecule has 0 aliphatic heterocycles. The topological polar surface area (TPSA) is 68.3 Å². The van der Waals surface area contributed by atoms with Crippen LogP contribution in [-0.4, -0.2) is 20.7 Å². The van der Waals surface area contributed by atoms with Gasteiger partial charge >= 0.3 is 0 Å². The number of phenolic OH excluding ortho intramolecular Hbond substituents is 1. The lowest BCUT2D eigenvalue weighted by Crippen LogP contribution is -1.96. The van der Waals surface area contributed by atoms with Gasteiger partial charge in [-0.15, -0.1) is 0 Å². The molecule has 0 amide bonds. The van der Waals surface area contributed by atoms with Gasteiger partial charge in [0.05, 0.1) is 16.6 Å². The van der Waals surface area contributed by atoms with Crippen molar-refractivity contribution in [3.63, 3.8) is 0 Å². The van der Waals surface area contributed by atoms with E-state index in [1.807, 2.05) is 60.7 Å². The molecule has 0 bridgehead atoms. The Labute approximate surface area is 166 Å². The molecule has 0 fully saturated rings. The predicted octanol–water partition coefficient (Wildman–Crippen LogP) is 5.66. The third-order valence-electron chi connectivity index (χ3n) is 5.16. The van der Waals surface area contributed by atoms with Gasteiger partial charge in [0.2, 0.25) is 0 Å². The Morgan fingerprint density at radius 3 is 2.34 bits per heavy atom. The number of rotatable bonds is 3. The molecule has 29 heavy (non-hydrogen) atoms. The average molecular weight is 382 g/mol. The number of aromatic nitrogens is 2. The van der Waals surface area contributed by atoms with Crippen molar-refractivity contribution in [2.24, 2.45) is 0 Å². The molecule has 0 unspecified atom stereocenters. The molecule has 0 aliphatic rings. The average Bonchev–Trinajstić information content (AvgIpc) is 3.28. The maximum absolute atomic E-state index is 12.2. The minimum atomic E-state index is -0.100. The largest absolute Gasteiger partial charge is 0.506 e. The summed E-state index contributed by atoms with van der Waals surface area (Å²) >= 11 is 0. The Morgan fingerprint density at radius 2 is 1.69 bits per heavy atom. The highest BCUT2D eigenvalue weighted by atomic mass is 16.3. The second-order valence-corrected chi connectivity index (χ2v) is 7.05. The first kappa shape index (κ1) is 17.3. The van der Waals surface area contributed by atoms with Crippen molar-refractivity contribution in [2.45, 2.75) is 13.8 Å². The van der Waals surface area contributed by atoms with E-state index < -0.39 is 0 Å². The summed E-state index contributed by atoms with van der Waals surface area (Å²) in [6, 6.07) is 21.0. The number of fused-ring (bicyclic) bond motifs is 3. The van der Waals surface area contributed by atoms with Crippen LogP contribution in [0.2, 0.25) is 0 Å². The summed E-state index contributed by atoms with van der Waals surface area (Å²) in [6.45, 7) is 3.27. The van der Waals surface area contributed by atoms with Crippen LogP contribution in [0.25, 0.3) is 38.8 Å². The molecule has 2 heterocycles. The zero-order chi connectivity index (χ0) is 20.1. The first-order valence-electron chi connectivity index (χ1n) is 9.36. The molecule has 0 atom stereocenters. The van der Waals surface area contributed by atoms with E-state index in [1.165, 1.54) is 6.92 Å². The number of benzene rings is 3. The number of ketones is 1. The monoisotopic (exact) mass is 382 g/mol. The molecule has 0 spiro atoms. The predicted molar refractivity (Wildman–Crippen MR) is 113 cm³/mol. The molecule has 0 saturated heterocycles. The van der Waals surface area contributed by atoms with Crippen molar-refractivity contribution in [1.29, 1.82) is 0 Å². The number of carbonyl (C=O) groups is 1. The van der Waals surface area contributed by atoms with Crippen molar-refractivity contribution < 1.29 is 14.3 Å². The number of Topliss-reactive ketones (excluding diaryl/α,β-unsaturated/α-hetero) is 1. The third kappa shape index (κ3) is 2.55. The van der Waals surface area contributed by atoms with Crippen molar-refractivity contribution in [1.82, 2.24) is 9.78 Å². The zero-order valence-corrected chi connectivity index (χ0v) is 16.0. The Hall–Kier alpha value is -3.86. The van der Waals surface area contributed by atoms with Gasteiger partial charge in [-0.1, -0.05) is 48.5 Å². The van der Waals surface area contributed by atoms with E-state index in [0.29, 0.717) is 38.9 Å². The van der Waals surface area contributed by atoms with Crippen molar-refractivity contribution in [2.75, 3.05) is 0 Å². The normalized spacial score (nSPS) is 11.4. The maximum atomic E-state index is 12.2. The summed E-state index contributed by atoms with van der Waals surface area (Å²) < 4.78 is 7.77. The van der Waals surface area contributed by atoms with Gasteiger partial charge in [0.1, 0.15) is 28.3 Å². The highest BCUT2D eigenvalue weighted by molar-refractivity contribution is 6.18. The highest BCUT2D eigenvalue weighted by Gasteiger charge is 2.25. The number of phenols is 1. The van der Waals surface area contributed by atoms with Gasteiger partial charge in [0.15, 0.2) is 5.78 Å². The van der Waals surface area contributed by atoms with Gasteiger partial charge in [-0.05, 0) is 32.0 Å². The van der Waals surface area contributed by atoms with Gasteiger partial charge < -0.3 is 9.52 Å². The molecule has 3 aromatic carbocycles. The van der Waals surface area contributed by atoms with Crippen LogP contribution < -0.4 is 0 Å². The number of carbonyl (C=O) groups excluding carboxylic acids is 1. The molecule has 0 radical (unpaired) electrons. The number of aryl methyl sites for hydroxylation is 1. The minimum Gasteiger partial charge on any atom is -0.506 e. The third-order valence-corrected chi connectivity index (χ3v) is 5.16. The van der Waals surface area contributed by atoms with Crippen molar-refractivity contribution >= 4 is 27.7 Å². The summed E-state index contributed by atoms with van der Waals surface area (Å²) in [5, 5.41) is 17.1. The number of hydrogen-bond donors (Lipinski definition) is 1. The van der Waals surface area contributed by atoms with Crippen LogP contribution in [0.1, 0.15) is 23.0 Å². The Balaban J connectivity index is 1.99.